The van der Waals surface area contributed by atoms with Gasteiger partial charge in [0.15, 0.2) is 18.9 Å². The van der Waals surface area contributed by atoms with E-state index in [1.165, 1.54) is 7.11 Å². The van der Waals surface area contributed by atoms with Crippen LogP contribution in [0.15, 0.2) is 11.6 Å². The van der Waals surface area contributed by atoms with Gasteiger partial charge in [-0.2, -0.15) is 0 Å². The van der Waals surface area contributed by atoms with Crippen LogP contribution in [0.25, 0.3) is 0 Å². The summed E-state index contributed by atoms with van der Waals surface area (Å²) < 4.78 is 46.1. The minimum Gasteiger partial charge on any atom is -0.458 e. The van der Waals surface area contributed by atoms with Crippen LogP contribution in [-0.2, 0) is 42.7 Å². The average Bonchev–Trinajstić information content (AvgIpc) is 3.77. The van der Waals surface area contributed by atoms with Crippen LogP contribution in [-0.4, -0.2) is 171 Å². The van der Waals surface area contributed by atoms with E-state index in [1.807, 2.05) is 0 Å². The van der Waals surface area contributed by atoms with E-state index in [-0.39, 0.29) is 47.8 Å². The van der Waals surface area contributed by atoms with Gasteiger partial charge >= 0.3 is 5.97 Å². The average molecular weight is 843 g/mol. The van der Waals surface area contributed by atoms with Crippen molar-refractivity contribution >= 4 is 5.97 Å². The van der Waals surface area contributed by atoms with Crippen molar-refractivity contribution in [2.24, 2.45) is 34.5 Å². The van der Waals surface area contributed by atoms with E-state index in [9.17, 15) is 45.6 Å². The molecule has 0 aromatic rings. The van der Waals surface area contributed by atoms with Crippen molar-refractivity contribution in [2.75, 3.05) is 26.9 Å². The Morgan fingerprint density at radius 3 is 2.08 bits per heavy atom. The monoisotopic (exact) mass is 842 g/mol. The van der Waals surface area contributed by atoms with Gasteiger partial charge in [0.2, 0.25) is 0 Å². The zero-order valence-electron chi connectivity index (χ0n) is 34.5. The number of aliphatic hydroxyl groups excluding tert-OH is 7. The molecule has 17 nitrogen and oxygen atoms in total. The summed E-state index contributed by atoms with van der Waals surface area (Å²) in [5.41, 5.74) is -0.156. The molecule has 0 bridgehead atoms. The second-order valence-corrected chi connectivity index (χ2v) is 19.3. The summed E-state index contributed by atoms with van der Waals surface area (Å²) in [4.78, 5) is 11.9. The number of hydrogen-bond acceptors (Lipinski definition) is 17. The fourth-order valence-corrected chi connectivity index (χ4v) is 12.8. The van der Waals surface area contributed by atoms with E-state index < -0.39 is 98.2 Å². The minimum absolute atomic E-state index is 0.0275. The largest absolute Gasteiger partial charge is 0.458 e. The van der Waals surface area contributed by atoms with Gasteiger partial charge in [0.05, 0.1) is 37.1 Å². The highest BCUT2D eigenvalue weighted by Gasteiger charge is 2.68. The van der Waals surface area contributed by atoms with Crippen molar-refractivity contribution in [3.05, 3.63) is 11.6 Å². The van der Waals surface area contributed by atoms with Crippen molar-refractivity contribution in [1.82, 2.24) is 0 Å². The first kappa shape index (κ1) is 44.2. The van der Waals surface area contributed by atoms with Gasteiger partial charge in [0, 0.05) is 25.0 Å². The highest BCUT2D eigenvalue weighted by atomic mass is 16.7. The number of fused-ring (bicyclic) bond motifs is 5. The van der Waals surface area contributed by atoms with E-state index in [0.717, 1.165) is 44.1 Å². The van der Waals surface area contributed by atoms with Gasteiger partial charge in [-0.05, 0) is 99.4 Å². The highest BCUT2D eigenvalue weighted by Crippen LogP contribution is 2.70. The number of hydrogen-bond donors (Lipinski definition) is 8. The Morgan fingerprint density at radius 2 is 1.41 bits per heavy atom. The van der Waals surface area contributed by atoms with Crippen molar-refractivity contribution in [3.8, 4) is 0 Å². The molecule has 0 unspecified atom stereocenters. The number of rotatable bonds is 10. The summed E-state index contributed by atoms with van der Waals surface area (Å²) in [6.07, 6.45) is -8.63. The molecule has 7 fully saturated rings. The molecule has 0 radical (unpaired) electrons. The molecular formula is C42H66O17. The fourth-order valence-electron chi connectivity index (χ4n) is 12.8. The predicted molar refractivity (Wildman–Crippen MR) is 202 cm³/mol. The molecule has 8 N–H and O–H groups in total. The van der Waals surface area contributed by atoms with E-state index >= 15 is 0 Å². The van der Waals surface area contributed by atoms with Gasteiger partial charge in [-0.1, -0.05) is 13.8 Å². The normalized spacial score (nSPS) is 53.9. The number of carbonyl (C=O) groups is 1. The molecule has 4 heterocycles. The third-order valence-corrected chi connectivity index (χ3v) is 16.4. The molecule has 4 saturated carbocycles. The molecule has 4 aliphatic carbocycles. The summed E-state index contributed by atoms with van der Waals surface area (Å²) in [6, 6.07) is 0. The molecule has 8 rings (SSSR count). The second kappa shape index (κ2) is 17.0. The Hall–Kier alpha value is -1.39. The van der Waals surface area contributed by atoms with Crippen molar-refractivity contribution < 1.29 is 83.5 Å². The van der Waals surface area contributed by atoms with Crippen LogP contribution in [0.4, 0.5) is 0 Å². The Bertz CT molecular complexity index is 1530. The van der Waals surface area contributed by atoms with Gasteiger partial charge in [0.1, 0.15) is 61.5 Å². The lowest BCUT2D eigenvalue weighted by atomic mass is 9.43. The molecule has 0 amide bonds. The lowest BCUT2D eigenvalue weighted by Crippen LogP contribution is -2.63. The Kier molecular flexibility index (Phi) is 12.7. The van der Waals surface area contributed by atoms with Crippen LogP contribution in [0, 0.1) is 34.5 Å². The van der Waals surface area contributed by atoms with Crippen molar-refractivity contribution in [3.63, 3.8) is 0 Å². The molecule has 22 atom stereocenters. The fraction of sp³-hybridized carbons (Fsp3) is 0.929. The maximum atomic E-state index is 12.6. The van der Waals surface area contributed by atoms with Crippen LogP contribution in [0.3, 0.4) is 0 Å². The molecule has 0 aromatic carbocycles. The zero-order chi connectivity index (χ0) is 42.2. The van der Waals surface area contributed by atoms with Crippen LogP contribution >= 0.6 is 0 Å². The van der Waals surface area contributed by atoms with E-state index in [4.69, 9.17) is 37.9 Å². The van der Waals surface area contributed by atoms with Gasteiger partial charge in [-0.3, -0.25) is 0 Å². The molecule has 8 aliphatic rings. The third kappa shape index (κ3) is 7.75. The summed E-state index contributed by atoms with van der Waals surface area (Å²) in [7, 11) is 1.47. The molecule has 59 heavy (non-hydrogen) atoms. The van der Waals surface area contributed by atoms with E-state index in [0.29, 0.717) is 37.7 Å². The quantitative estimate of drug-likeness (QED) is 0.105. The molecule has 336 valence electrons. The molecular weight excluding hydrogens is 776 g/mol. The molecule has 17 heteroatoms. The number of carbonyl (C=O) groups excluding carboxylic acids is 1. The standard InChI is InChI=1S/C42H66O17/c1-19-31(44)26(52-4)15-30(56-19)54-17-27-32(45)34(47)36(49)38(58-27)55-18-28-33(46)35(48)37(50)39(59-28)57-22-7-10-40(2)21(14-22)5-6-25-24(40)8-11-41(3)23(9-12-42(25,41)51)20-13-29(43)53-16-20/h13,19,21-28,30-39,44-51H,5-12,14-18H2,1-4H3/t19-,21-,22-,23-,24+,25-,26-,27+,28+,30-,31-,32+,33+,34+,35+,36+,37+,38+,39+,40-,41+,42-/m0/s1. The first-order chi connectivity index (χ1) is 28.0. The van der Waals surface area contributed by atoms with E-state index in [1.54, 1.807) is 13.0 Å². The molecule has 0 spiro atoms. The number of esters is 1. The molecule has 4 aliphatic heterocycles. The number of methoxy groups -OCH3 is 1. The van der Waals surface area contributed by atoms with Gasteiger partial charge < -0.3 is 78.7 Å². The topological polar surface area (TPSA) is 253 Å². The zero-order valence-corrected chi connectivity index (χ0v) is 34.5. The highest BCUT2D eigenvalue weighted by molar-refractivity contribution is 5.85. The maximum absolute atomic E-state index is 12.6. The summed E-state index contributed by atoms with van der Waals surface area (Å²) >= 11 is 0. The second-order valence-electron chi connectivity index (χ2n) is 19.3. The summed E-state index contributed by atoms with van der Waals surface area (Å²) in [5.74, 6) is 0.615. The maximum Gasteiger partial charge on any atom is 0.331 e. The molecule has 0 aromatic heterocycles. The van der Waals surface area contributed by atoms with Gasteiger partial charge in [0.25, 0.3) is 0 Å². The van der Waals surface area contributed by atoms with Crippen molar-refractivity contribution in [2.45, 2.75) is 183 Å². The van der Waals surface area contributed by atoms with Crippen LogP contribution in [0.5, 0.6) is 0 Å². The lowest BCUT2D eigenvalue weighted by molar-refractivity contribution is -0.342. The Labute approximate surface area is 344 Å². The van der Waals surface area contributed by atoms with Crippen LogP contribution in [0.1, 0.15) is 85.0 Å². The van der Waals surface area contributed by atoms with E-state index in [2.05, 4.69) is 13.8 Å². The number of aliphatic hydroxyl groups is 8. The SMILES string of the molecule is CO[C@H]1C[C@@H](OC[C@H]2O[C@@H](OC[C@H]3O[C@@H](O[C@H]4CC[C@@]5(C)[C@@H](CC[C@H]6[C@H]5CC[C@]5(C)[C@H](C7=CC(=O)OC7)CC[C@]65O)C4)[C@H](O)[C@H](O)[C@@H]3O)[C@H](O)[C@H](O)[C@@H]2O)O[C@@H](C)[C@@H]1O. The Balaban J connectivity index is 0.861. The molecule has 3 saturated heterocycles. The number of ether oxygens (including phenoxy) is 8. The first-order valence-electron chi connectivity index (χ1n) is 21.7. The summed E-state index contributed by atoms with van der Waals surface area (Å²) in [6.45, 7) is 5.86. The van der Waals surface area contributed by atoms with Gasteiger partial charge in [-0.15, -0.1) is 0 Å². The minimum atomic E-state index is -1.69. The van der Waals surface area contributed by atoms with Crippen LogP contribution in [0.2, 0.25) is 0 Å². The smallest absolute Gasteiger partial charge is 0.331 e. The van der Waals surface area contributed by atoms with Crippen molar-refractivity contribution in [1.29, 1.82) is 0 Å². The predicted octanol–water partition coefficient (Wildman–Crippen LogP) is -0.212. The summed E-state index contributed by atoms with van der Waals surface area (Å²) in [5, 5.41) is 87.7. The van der Waals surface area contributed by atoms with Gasteiger partial charge in [-0.25, -0.2) is 4.79 Å². The lowest BCUT2D eigenvalue weighted by Gasteiger charge is -2.64. The number of cyclic esters (lactones) is 1. The Morgan fingerprint density at radius 1 is 0.729 bits per heavy atom. The first-order valence-corrected chi connectivity index (χ1v) is 21.7. The third-order valence-electron chi connectivity index (χ3n) is 16.4. The van der Waals surface area contributed by atoms with Crippen LogP contribution < -0.4 is 0 Å².